The predicted molar refractivity (Wildman–Crippen MR) is 132 cm³/mol. The molecule has 181 valence electrons. The second kappa shape index (κ2) is 10.8. The van der Waals surface area contributed by atoms with Gasteiger partial charge in [0.2, 0.25) is 0 Å². The molecule has 33 heavy (non-hydrogen) atoms. The molecule has 0 saturated carbocycles. The van der Waals surface area contributed by atoms with E-state index in [1.165, 1.54) is 11.6 Å². The molecule has 0 bridgehead atoms. The molecule has 5 heteroatoms. The number of benzene rings is 1. The molecule has 1 aromatic carbocycles. The summed E-state index contributed by atoms with van der Waals surface area (Å²) in [5, 5.41) is 10.6. The van der Waals surface area contributed by atoms with E-state index in [-0.39, 0.29) is 42.5 Å². The topological polar surface area (TPSA) is 63.3 Å². The van der Waals surface area contributed by atoms with E-state index in [2.05, 4.69) is 50.0 Å². The van der Waals surface area contributed by atoms with Gasteiger partial charge in [-0.1, -0.05) is 62.3 Å². The zero-order valence-electron chi connectivity index (χ0n) is 21.2. The van der Waals surface area contributed by atoms with Crippen LogP contribution in [0.5, 0.6) is 0 Å². The summed E-state index contributed by atoms with van der Waals surface area (Å²) in [5.41, 5.74) is 3.44. The summed E-state index contributed by atoms with van der Waals surface area (Å²) >= 11 is 0. The predicted octanol–water partition coefficient (Wildman–Crippen LogP) is 7.68. The number of fused-ring (bicyclic) bond motifs is 1. The SMILES string of the molecule is CC(C)(C)C(=O)C=C(O)C(C)(C)C.CC(C)(C)c1c[c-]c(-c2nccc3occc23)cc1.[Ir]. The molecule has 1 N–H and O–H groups in total. The van der Waals surface area contributed by atoms with Crippen LogP contribution in [0.15, 0.2) is 59.0 Å². The Morgan fingerprint density at radius 3 is 2.09 bits per heavy atom. The third-order valence-electron chi connectivity index (χ3n) is 5.09. The van der Waals surface area contributed by atoms with Crippen molar-refractivity contribution in [2.75, 3.05) is 0 Å². The first-order valence-electron chi connectivity index (χ1n) is 10.9. The van der Waals surface area contributed by atoms with Gasteiger partial charge in [0.15, 0.2) is 5.78 Å². The number of aliphatic hydroxyl groups excluding tert-OH is 1. The number of ketones is 1. The first kappa shape index (κ1) is 28.8. The Bertz CT molecular complexity index is 1090. The van der Waals surface area contributed by atoms with Crippen LogP contribution in [0.25, 0.3) is 22.2 Å². The van der Waals surface area contributed by atoms with Crippen LogP contribution in [-0.4, -0.2) is 15.9 Å². The maximum Gasteiger partial charge on any atom is 0.164 e. The van der Waals surface area contributed by atoms with E-state index in [0.29, 0.717) is 0 Å². The largest absolute Gasteiger partial charge is 0.512 e. The zero-order chi connectivity index (χ0) is 24.3. The molecule has 0 unspecified atom stereocenters. The van der Waals surface area contributed by atoms with Crippen LogP contribution in [0.3, 0.4) is 0 Å². The number of pyridine rings is 1. The maximum atomic E-state index is 11.5. The Morgan fingerprint density at radius 2 is 1.61 bits per heavy atom. The second-order valence-corrected chi connectivity index (χ2v) is 11.1. The van der Waals surface area contributed by atoms with Gasteiger partial charge in [0, 0.05) is 48.6 Å². The second-order valence-electron chi connectivity index (χ2n) is 11.1. The average molecular weight is 627 g/mol. The number of aromatic nitrogens is 1. The minimum absolute atomic E-state index is 0. The normalized spacial score (nSPS) is 12.6. The fraction of sp³-hybridized carbons (Fsp3) is 0.429. The summed E-state index contributed by atoms with van der Waals surface area (Å²) in [6.45, 7) is 17.7. The zero-order valence-corrected chi connectivity index (χ0v) is 23.6. The number of carbonyl (C=O) groups excluding carboxylic acids is 1. The molecule has 1 radical (unpaired) electrons. The molecule has 0 amide bonds. The van der Waals surface area contributed by atoms with Gasteiger partial charge in [0.25, 0.3) is 0 Å². The van der Waals surface area contributed by atoms with Gasteiger partial charge in [-0.2, -0.15) is 0 Å². The number of hydrogen-bond donors (Lipinski definition) is 1. The number of nitrogens with zero attached hydrogens (tertiary/aromatic N) is 1. The van der Waals surface area contributed by atoms with E-state index < -0.39 is 5.41 Å². The summed E-state index contributed by atoms with van der Waals surface area (Å²) in [4.78, 5) is 15.9. The maximum absolute atomic E-state index is 11.5. The summed E-state index contributed by atoms with van der Waals surface area (Å²) < 4.78 is 5.40. The third-order valence-corrected chi connectivity index (χ3v) is 5.09. The van der Waals surface area contributed by atoms with Gasteiger partial charge in [-0.05, 0) is 23.2 Å². The number of hydrogen-bond acceptors (Lipinski definition) is 4. The Labute approximate surface area is 211 Å². The molecule has 0 aliphatic carbocycles. The fourth-order valence-electron chi connectivity index (χ4n) is 2.71. The van der Waals surface area contributed by atoms with Gasteiger partial charge < -0.3 is 14.5 Å². The van der Waals surface area contributed by atoms with Crippen molar-refractivity contribution in [2.45, 2.75) is 67.7 Å². The van der Waals surface area contributed by atoms with Crippen LogP contribution >= 0.6 is 0 Å². The van der Waals surface area contributed by atoms with E-state index in [4.69, 9.17) is 4.42 Å². The van der Waals surface area contributed by atoms with Crippen molar-refractivity contribution in [2.24, 2.45) is 10.8 Å². The fourth-order valence-corrected chi connectivity index (χ4v) is 2.71. The van der Waals surface area contributed by atoms with Gasteiger partial charge in [-0.15, -0.1) is 35.4 Å². The van der Waals surface area contributed by atoms with E-state index in [0.717, 1.165) is 22.2 Å². The number of aliphatic hydroxyl groups is 1. The molecule has 4 nitrogen and oxygen atoms in total. The van der Waals surface area contributed by atoms with Crippen molar-refractivity contribution in [3.8, 4) is 11.3 Å². The van der Waals surface area contributed by atoms with Crippen LogP contribution in [0, 0.1) is 16.9 Å². The van der Waals surface area contributed by atoms with Crippen LogP contribution in [-0.2, 0) is 30.3 Å². The number of allylic oxidation sites excluding steroid dienone is 2. The Kier molecular flexibility index (Phi) is 9.42. The van der Waals surface area contributed by atoms with Crippen LogP contribution in [0.1, 0.15) is 67.9 Å². The number of carbonyl (C=O) groups is 1. The van der Waals surface area contributed by atoms with E-state index in [1.807, 2.05) is 53.7 Å². The smallest absolute Gasteiger partial charge is 0.164 e. The molecular weight excluding hydrogens is 591 g/mol. The first-order valence-corrected chi connectivity index (χ1v) is 10.9. The Hall–Kier alpha value is -2.23. The molecular formula is C28H36IrNO3-. The van der Waals surface area contributed by atoms with E-state index in [9.17, 15) is 9.90 Å². The summed E-state index contributed by atoms with van der Waals surface area (Å²) in [5.74, 6) is 0.104. The summed E-state index contributed by atoms with van der Waals surface area (Å²) in [6, 6.07) is 13.4. The van der Waals surface area contributed by atoms with Gasteiger partial charge >= 0.3 is 0 Å². The van der Waals surface area contributed by atoms with Crippen molar-refractivity contribution in [3.05, 3.63) is 66.3 Å². The van der Waals surface area contributed by atoms with Crippen LogP contribution in [0.4, 0.5) is 0 Å². The van der Waals surface area contributed by atoms with Crippen molar-refractivity contribution in [1.29, 1.82) is 0 Å². The molecule has 3 rings (SSSR count). The molecule has 0 aliphatic rings. The van der Waals surface area contributed by atoms with Crippen molar-refractivity contribution in [1.82, 2.24) is 4.98 Å². The van der Waals surface area contributed by atoms with Gasteiger partial charge in [0.1, 0.15) is 11.3 Å². The van der Waals surface area contributed by atoms with Crippen LogP contribution in [0.2, 0.25) is 0 Å². The molecule has 2 aromatic heterocycles. The quantitative estimate of drug-likeness (QED) is 0.180. The average Bonchev–Trinajstić information content (AvgIpc) is 3.15. The standard InChI is InChI=1S/C17H16NO.C11H20O2.Ir/c1-17(2,3)13-6-4-12(5-7-13)16-14-9-11-19-15(14)8-10-18-16;1-10(2,3)8(12)7-9(13)11(4,5)6;/h4,6-11H,1-3H3;7,12H,1-6H3;/q-1;;. The minimum Gasteiger partial charge on any atom is -0.512 e. The monoisotopic (exact) mass is 627 g/mol. The third kappa shape index (κ3) is 7.94. The molecule has 3 aromatic rings. The van der Waals surface area contributed by atoms with E-state index >= 15 is 0 Å². The number of furan rings is 1. The van der Waals surface area contributed by atoms with Crippen molar-refractivity contribution >= 4 is 16.8 Å². The minimum atomic E-state index is -0.417. The molecule has 0 saturated heterocycles. The Morgan fingerprint density at radius 1 is 0.970 bits per heavy atom. The molecule has 2 heterocycles. The van der Waals surface area contributed by atoms with Gasteiger partial charge in [0.05, 0.1) is 6.26 Å². The molecule has 0 aliphatic heterocycles. The van der Waals surface area contributed by atoms with Gasteiger partial charge in [-0.3, -0.25) is 4.79 Å². The molecule has 0 fully saturated rings. The summed E-state index contributed by atoms with van der Waals surface area (Å²) in [6.07, 6.45) is 4.80. The van der Waals surface area contributed by atoms with Gasteiger partial charge in [-0.25, -0.2) is 0 Å². The van der Waals surface area contributed by atoms with Crippen LogP contribution < -0.4 is 0 Å². The Balaban J connectivity index is 0.000000346. The molecule has 0 atom stereocenters. The van der Waals surface area contributed by atoms with Crippen molar-refractivity contribution in [3.63, 3.8) is 0 Å². The summed E-state index contributed by atoms with van der Waals surface area (Å²) in [7, 11) is 0. The van der Waals surface area contributed by atoms with Crippen molar-refractivity contribution < 1.29 is 34.4 Å². The van der Waals surface area contributed by atoms with E-state index in [1.54, 1.807) is 12.5 Å². The molecule has 0 spiro atoms. The number of rotatable bonds is 2. The first-order chi connectivity index (χ1) is 14.6.